The molecular formula is C21H22N4O2S. The average Bonchev–Trinajstić information content (AvgIpc) is 3.34. The Hall–Kier alpha value is -2.67. The number of thiophene rings is 1. The highest BCUT2D eigenvalue weighted by molar-refractivity contribution is 7.10. The molecule has 0 aliphatic carbocycles. The van der Waals surface area contributed by atoms with Crippen molar-refractivity contribution < 1.29 is 4.79 Å². The van der Waals surface area contributed by atoms with E-state index in [2.05, 4.69) is 11.1 Å². The van der Waals surface area contributed by atoms with Crippen LogP contribution in [0.4, 0.5) is 0 Å². The van der Waals surface area contributed by atoms with Gasteiger partial charge in [-0.15, -0.1) is 11.3 Å². The van der Waals surface area contributed by atoms with Gasteiger partial charge in [0, 0.05) is 55.6 Å². The van der Waals surface area contributed by atoms with Gasteiger partial charge in [0.05, 0.1) is 12.0 Å². The lowest BCUT2D eigenvalue weighted by Crippen LogP contribution is -2.49. The number of imidazole rings is 1. The molecule has 0 radical (unpaired) electrons. The van der Waals surface area contributed by atoms with Crippen LogP contribution in [0.3, 0.4) is 0 Å². The van der Waals surface area contributed by atoms with Crippen LogP contribution in [0.15, 0.2) is 46.8 Å². The SMILES string of the molecule is Cn1ccnc1-c1ccc2n(c1=O)C[C@H]1C[C@@H]2CN(C(=O)Cc2cccs2)C1. The Balaban J connectivity index is 1.43. The number of pyridine rings is 1. The fraction of sp³-hybridized carbons (Fsp3) is 0.381. The van der Waals surface area contributed by atoms with Crippen molar-refractivity contribution in [2.24, 2.45) is 13.0 Å². The molecule has 28 heavy (non-hydrogen) atoms. The summed E-state index contributed by atoms with van der Waals surface area (Å²) in [5.74, 6) is 1.44. The smallest absolute Gasteiger partial charge is 0.261 e. The molecule has 2 aliphatic heterocycles. The van der Waals surface area contributed by atoms with E-state index >= 15 is 0 Å². The number of amides is 1. The van der Waals surface area contributed by atoms with Gasteiger partial charge in [-0.3, -0.25) is 9.59 Å². The van der Waals surface area contributed by atoms with E-state index in [9.17, 15) is 9.59 Å². The first-order chi connectivity index (χ1) is 13.6. The van der Waals surface area contributed by atoms with Crippen LogP contribution in [0.25, 0.3) is 11.4 Å². The highest BCUT2D eigenvalue weighted by atomic mass is 32.1. The molecule has 2 aliphatic rings. The number of fused-ring (bicyclic) bond motifs is 4. The fourth-order valence-corrected chi connectivity index (χ4v) is 5.31. The number of aryl methyl sites for hydroxylation is 1. The molecule has 5 heterocycles. The van der Waals surface area contributed by atoms with Crippen LogP contribution >= 0.6 is 11.3 Å². The Morgan fingerprint density at radius 1 is 1.25 bits per heavy atom. The summed E-state index contributed by atoms with van der Waals surface area (Å²) in [6, 6.07) is 7.95. The summed E-state index contributed by atoms with van der Waals surface area (Å²) in [7, 11) is 1.90. The third-order valence-electron chi connectivity index (χ3n) is 5.92. The van der Waals surface area contributed by atoms with Crippen LogP contribution in [-0.4, -0.2) is 38.0 Å². The molecule has 2 bridgehead atoms. The number of hydrogen-bond acceptors (Lipinski definition) is 4. The molecule has 0 unspecified atom stereocenters. The van der Waals surface area contributed by atoms with E-state index in [1.165, 1.54) is 0 Å². The topological polar surface area (TPSA) is 60.1 Å². The number of carbonyl (C=O) groups is 1. The summed E-state index contributed by atoms with van der Waals surface area (Å²) in [6.07, 6.45) is 5.08. The summed E-state index contributed by atoms with van der Waals surface area (Å²) in [4.78, 5) is 33.4. The van der Waals surface area contributed by atoms with E-state index in [1.54, 1.807) is 17.5 Å². The lowest BCUT2D eigenvalue weighted by Gasteiger charge is -2.43. The van der Waals surface area contributed by atoms with Crippen LogP contribution < -0.4 is 5.56 Å². The molecule has 6 nitrogen and oxygen atoms in total. The third-order valence-corrected chi connectivity index (χ3v) is 6.80. The predicted molar refractivity (Wildman–Crippen MR) is 108 cm³/mol. The summed E-state index contributed by atoms with van der Waals surface area (Å²) >= 11 is 1.63. The second-order valence-electron chi connectivity index (χ2n) is 7.80. The zero-order valence-electron chi connectivity index (χ0n) is 15.7. The van der Waals surface area contributed by atoms with E-state index < -0.39 is 0 Å². The maximum Gasteiger partial charge on any atom is 0.261 e. The van der Waals surface area contributed by atoms with Crippen molar-refractivity contribution in [2.45, 2.75) is 25.3 Å². The Morgan fingerprint density at radius 2 is 2.14 bits per heavy atom. The van der Waals surface area contributed by atoms with Crippen LogP contribution in [0, 0.1) is 5.92 Å². The molecule has 3 aromatic rings. The number of carbonyl (C=O) groups excluding carboxylic acids is 1. The van der Waals surface area contributed by atoms with Crippen molar-refractivity contribution in [1.82, 2.24) is 19.0 Å². The Kier molecular flexibility index (Phi) is 4.19. The van der Waals surface area contributed by atoms with Crippen molar-refractivity contribution in [1.29, 1.82) is 0 Å². The first-order valence-corrected chi connectivity index (χ1v) is 10.5. The van der Waals surface area contributed by atoms with Gasteiger partial charge in [0.2, 0.25) is 5.91 Å². The van der Waals surface area contributed by atoms with Gasteiger partial charge < -0.3 is 14.0 Å². The quantitative estimate of drug-likeness (QED) is 0.686. The lowest BCUT2D eigenvalue weighted by molar-refractivity contribution is -0.133. The van der Waals surface area contributed by atoms with Crippen LogP contribution in [0.2, 0.25) is 0 Å². The number of hydrogen-bond donors (Lipinski definition) is 0. The fourth-order valence-electron chi connectivity index (χ4n) is 4.62. The predicted octanol–water partition coefficient (Wildman–Crippen LogP) is 2.50. The first kappa shape index (κ1) is 17.4. The number of aromatic nitrogens is 3. The molecule has 0 aromatic carbocycles. The highest BCUT2D eigenvalue weighted by Crippen LogP contribution is 2.36. The van der Waals surface area contributed by atoms with Crippen molar-refractivity contribution in [3.8, 4) is 11.4 Å². The molecule has 1 saturated heterocycles. The highest BCUT2D eigenvalue weighted by Gasteiger charge is 2.36. The number of likely N-dealkylation sites (tertiary alicyclic amines) is 1. The minimum absolute atomic E-state index is 0.0277. The van der Waals surface area contributed by atoms with Gasteiger partial charge in [-0.05, 0) is 35.9 Å². The zero-order valence-corrected chi connectivity index (χ0v) is 16.6. The van der Waals surface area contributed by atoms with Crippen LogP contribution in [0.5, 0.6) is 0 Å². The summed E-state index contributed by atoms with van der Waals surface area (Å²) in [5, 5.41) is 2.01. The van der Waals surface area contributed by atoms with Crippen molar-refractivity contribution in [2.75, 3.05) is 13.1 Å². The maximum atomic E-state index is 13.2. The van der Waals surface area contributed by atoms with Crippen LogP contribution in [-0.2, 0) is 24.8 Å². The molecule has 3 aromatic heterocycles. The number of piperidine rings is 1. The Morgan fingerprint density at radius 3 is 2.89 bits per heavy atom. The lowest BCUT2D eigenvalue weighted by atomic mass is 9.82. The summed E-state index contributed by atoms with van der Waals surface area (Å²) in [6.45, 7) is 2.10. The zero-order chi connectivity index (χ0) is 19.3. The molecule has 0 N–H and O–H groups in total. The van der Waals surface area contributed by atoms with Gasteiger partial charge in [0.1, 0.15) is 5.82 Å². The van der Waals surface area contributed by atoms with Gasteiger partial charge >= 0.3 is 0 Å². The van der Waals surface area contributed by atoms with Crippen molar-refractivity contribution >= 4 is 17.2 Å². The van der Waals surface area contributed by atoms with E-state index in [4.69, 9.17) is 0 Å². The molecule has 0 spiro atoms. The number of nitrogens with zero attached hydrogens (tertiary/aromatic N) is 4. The molecule has 0 saturated carbocycles. The first-order valence-electron chi connectivity index (χ1n) is 9.61. The van der Waals surface area contributed by atoms with Gasteiger partial charge in [-0.1, -0.05) is 6.07 Å². The van der Waals surface area contributed by atoms with Gasteiger partial charge in [0.25, 0.3) is 5.56 Å². The minimum atomic E-state index is 0.0277. The third kappa shape index (κ3) is 2.90. The monoisotopic (exact) mass is 394 g/mol. The van der Waals surface area contributed by atoms with Crippen LogP contribution in [0.1, 0.15) is 22.9 Å². The average molecular weight is 395 g/mol. The van der Waals surface area contributed by atoms with Crippen molar-refractivity contribution in [3.63, 3.8) is 0 Å². The second-order valence-corrected chi connectivity index (χ2v) is 8.84. The number of rotatable bonds is 3. The molecule has 5 rings (SSSR count). The van der Waals surface area contributed by atoms with Crippen molar-refractivity contribution in [3.05, 3.63) is 63.0 Å². The maximum absolute atomic E-state index is 13.2. The standard InChI is InChI=1S/C21H22N4O2S/c1-23-7-6-22-20(23)17-4-5-18-15-9-14(12-25(18)21(17)27)11-24(13-15)19(26)10-16-3-2-8-28-16/h2-8,14-15H,9-13H2,1H3/t14-,15+/m0/s1. The van der Waals surface area contributed by atoms with Gasteiger partial charge in [-0.2, -0.15) is 0 Å². The molecular weight excluding hydrogens is 372 g/mol. The molecule has 144 valence electrons. The van der Waals surface area contributed by atoms with E-state index in [0.717, 1.165) is 23.5 Å². The van der Waals surface area contributed by atoms with E-state index in [-0.39, 0.29) is 17.4 Å². The Labute approximate surface area is 167 Å². The summed E-state index contributed by atoms with van der Waals surface area (Å²) in [5.41, 5.74) is 1.72. The molecule has 1 amide bonds. The van der Waals surface area contributed by atoms with E-state index in [1.807, 2.05) is 50.9 Å². The second kappa shape index (κ2) is 6.74. The van der Waals surface area contributed by atoms with Gasteiger partial charge in [-0.25, -0.2) is 4.98 Å². The molecule has 1 fully saturated rings. The summed E-state index contributed by atoms with van der Waals surface area (Å²) < 4.78 is 3.79. The molecule has 2 atom stereocenters. The van der Waals surface area contributed by atoms with E-state index in [0.29, 0.717) is 36.8 Å². The largest absolute Gasteiger partial charge is 0.341 e. The minimum Gasteiger partial charge on any atom is -0.341 e. The normalized spacial score (nSPS) is 20.8. The Bertz CT molecular complexity index is 1080. The molecule has 7 heteroatoms. The van der Waals surface area contributed by atoms with Gasteiger partial charge in [0.15, 0.2) is 0 Å².